The molecule has 1 saturated heterocycles. The molecule has 8 nitrogen and oxygen atoms in total. The molecule has 10 heteroatoms. The summed E-state index contributed by atoms with van der Waals surface area (Å²) < 4.78 is 13.0. The van der Waals surface area contributed by atoms with Gasteiger partial charge in [-0.1, -0.05) is 11.3 Å². The van der Waals surface area contributed by atoms with Crippen LogP contribution in [0.1, 0.15) is 46.3 Å². The van der Waals surface area contributed by atoms with Crippen LogP contribution in [-0.2, 0) is 4.79 Å². The lowest BCUT2D eigenvalue weighted by Gasteiger charge is -2.31. The second-order valence-corrected chi connectivity index (χ2v) is 8.10. The first-order valence-corrected chi connectivity index (χ1v) is 10.1. The zero-order valence-electron chi connectivity index (χ0n) is 16.1. The highest BCUT2D eigenvalue weighted by Gasteiger charge is 2.31. The number of piperidine rings is 1. The molecule has 1 fully saturated rings. The van der Waals surface area contributed by atoms with E-state index in [1.165, 1.54) is 24.3 Å². The van der Waals surface area contributed by atoms with E-state index in [0.717, 1.165) is 24.2 Å². The number of hydrogen-bond donors (Lipinski definition) is 2. The monoisotopic (exact) mass is 419 g/mol. The number of anilines is 1. The van der Waals surface area contributed by atoms with E-state index >= 15 is 0 Å². The number of hydrogen-bond acceptors (Lipinski definition) is 6. The van der Waals surface area contributed by atoms with E-state index in [9.17, 15) is 18.8 Å². The van der Waals surface area contributed by atoms with Crippen LogP contribution in [-0.4, -0.2) is 52.0 Å². The average molecular weight is 419 g/mol. The van der Waals surface area contributed by atoms with Crippen LogP contribution < -0.4 is 10.6 Å². The molecule has 1 aromatic heterocycles. The molecule has 2 heterocycles. The van der Waals surface area contributed by atoms with Gasteiger partial charge in [0.15, 0.2) is 0 Å². The van der Waals surface area contributed by atoms with Crippen LogP contribution in [0.3, 0.4) is 0 Å². The van der Waals surface area contributed by atoms with Crippen molar-refractivity contribution in [3.8, 4) is 0 Å². The van der Waals surface area contributed by atoms with E-state index < -0.39 is 11.7 Å². The van der Waals surface area contributed by atoms with Gasteiger partial charge >= 0.3 is 0 Å². The molecule has 2 N–H and O–H groups in total. The van der Waals surface area contributed by atoms with Gasteiger partial charge in [-0.15, -0.1) is 10.2 Å². The average Bonchev–Trinajstić information content (AvgIpc) is 3.19. The second-order valence-electron chi connectivity index (χ2n) is 7.13. The molecule has 0 unspecified atom stereocenters. The molecule has 1 aromatic carbocycles. The van der Waals surface area contributed by atoms with Crippen molar-refractivity contribution in [1.29, 1.82) is 0 Å². The summed E-state index contributed by atoms with van der Waals surface area (Å²) in [7, 11) is 0. The predicted molar refractivity (Wildman–Crippen MR) is 106 cm³/mol. The zero-order chi connectivity index (χ0) is 21.0. The van der Waals surface area contributed by atoms with Gasteiger partial charge in [-0.2, -0.15) is 0 Å². The summed E-state index contributed by atoms with van der Waals surface area (Å²) in [5.41, 5.74) is 0.412. The Hall–Kier alpha value is -2.88. The summed E-state index contributed by atoms with van der Waals surface area (Å²) in [5, 5.41) is 13.2. The fraction of sp³-hybridized carbons (Fsp3) is 0.421. The molecule has 154 valence electrons. The highest BCUT2D eigenvalue weighted by Crippen LogP contribution is 2.21. The van der Waals surface area contributed by atoms with Crippen LogP contribution in [0.2, 0.25) is 0 Å². The van der Waals surface area contributed by atoms with Crippen molar-refractivity contribution in [1.82, 2.24) is 20.4 Å². The number of carbonyl (C=O) groups excluding carboxylic acids is 3. The Bertz CT molecular complexity index is 900. The summed E-state index contributed by atoms with van der Waals surface area (Å²) in [6.07, 6.45) is 1.45. The normalized spacial score (nSPS) is 16.6. The topological polar surface area (TPSA) is 104 Å². The van der Waals surface area contributed by atoms with Gasteiger partial charge in [0.05, 0.1) is 5.92 Å². The molecule has 3 amide bonds. The van der Waals surface area contributed by atoms with Crippen molar-refractivity contribution in [3.05, 3.63) is 40.1 Å². The van der Waals surface area contributed by atoms with Crippen molar-refractivity contribution in [2.45, 2.75) is 32.7 Å². The highest BCUT2D eigenvalue weighted by atomic mass is 32.1. The van der Waals surface area contributed by atoms with Crippen molar-refractivity contribution in [2.24, 2.45) is 5.92 Å². The molecule has 1 aliphatic rings. The number of rotatable bonds is 5. The molecule has 0 aliphatic carbocycles. The van der Waals surface area contributed by atoms with Gasteiger partial charge in [-0.25, -0.2) is 4.39 Å². The predicted octanol–water partition coefficient (Wildman–Crippen LogP) is 2.31. The molecule has 29 heavy (non-hydrogen) atoms. The Kier molecular flexibility index (Phi) is 6.53. The van der Waals surface area contributed by atoms with Crippen LogP contribution in [0.4, 0.5) is 10.1 Å². The Labute approximate surface area is 171 Å². The molecular formula is C19H22FN5O3S. The van der Waals surface area contributed by atoms with Gasteiger partial charge < -0.3 is 15.5 Å². The van der Waals surface area contributed by atoms with Gasteiger partial charge in [0, 0.05) is 24.8 Å². The number of halogens is 1. The summed E-state index contributed by atoms with van der Waals surface area (Å²) in [6.45, 7) is 4.63. The second kappa shape index (κ2) is 9.08. The van der Waals surface area contributed by atoms with Crippen molar-refractivity contribution < 1.29 is 18.8 Å². The van der Waals surface area contributed by atoms with Gasteiger partial charge in [-0.05, 0) is 51.0 Å². The molecule has 0 radical (unpaired) electrons. The van der Waals surface area contributed by atoms with E-state index in [0.29, 0.717) is 18.8 Å². The number of likely N-dealkylation sites (tertiary alicyclic amines) is 1. The molecule has 0 bridgehead atoms. The Balaban J connectivity index is 1.63. The van der Waals surface area contributed by atoms with E-state index in [4.69, 9.17) is 0 Å². The largest absolute Gasteiger partial charge is 0.354 e. The van der Waals surface area contributed by atoms with Crippen LogP contribution in [0, 0.1) is 11.7 Å². The first-order valence-electron chi connectivity index (χ1n) is 9.33. The van der Waals surface area contributed by atoms with Crippen LogP contribution >= 0.6 is 11.3 Å². The first-order chi connectivity index (χ1) is 13.8. The molecular weight excluding hydrogens is 397 g/mol. The van der Waals surface area contributed by atoms with Crippen molar-refractivity contribution in [2.75, 3.05) is 18.4 Å². The lowest BCUT2D eigenvalue weighted by atomic mass is 9.97. The molecule has 0 spiro atoms. The SMILES string of the molecule is CC(C)NC(=O)[C@H]1CCCN(C(=O)c2nnc(C(=O)Nc3ccc(F)cc3)s2)C1. The van der Waals surface area contributed by atoms with Crippen LogP contribution in [0.5, 0.6) is 0 Å². The zero-order valence-corrected chi connectivity index (χ0v) is 17.0. The lowest BCUT2D eigenvalue weighted by Crippen LogP contribution is -2.46. The summed E-state index contributed by atoms with van der Waals surface area (Å²) in [5.74, 6) is -1.60. The maximum atomic E-state index is 13.0. The lowest BCUT2D eigenvalue weighted by molar-refractivity contribution is -0.126. The summed E-state index contributed by atoms with van der Waals surface area (Å²) in [4.78, 5) is 38.9. The number of nitrogens with one attached hydrogen (secondary N) is 2. The highest BCUT2D eigenvalue weighted by molar-refractivity contribution is 7.15. The van der Waals surface area contributed by atoms with E-state index in [1.54, 1.807) is 4.90 Å². The van der Waals surface area contributed by atoms with Gasteiger partial charge in [0.2, 0.25) is 15.9 Å². The van der Waals surface area contributed by atoms with E-state index in [-0.39, 0.29) is 33.8 Å². The minimum Gasteiger partial charge on any atom is -0.354 e. The van der Waals surface area contributed by atoms with Gasteiger partial charge in [0.25, 0.3) is 11.8 Å². The number of carbonyl (C=O) groups is 3. The standard InChI is InChI=1S/C19H22FN5O3S/c1-11(2)21-15(26)12-4-3-9-25(10-12)19(28)18-24-23-17(29-18)16(27)22-14-7-5-13(20)6-8-14/h5-8,11-12H,3-4,9-10H2,1-2H3,(H,21,26)(H,22,27)/t12-/m0/s1. The molecule has 1 atom stereocenters. The Morgan fingerprint density at radius 2 is 1.86 bits per heavy atom. The summed E-state index contributed by atoms with van der Waals surface area (Å²) in [6, 6.07) is 5.35. The van der Waals surface area contributed by atoms with Crippen molar-refractivity contribution >= 4 is 34.7 Å². The minimum atomic E-state index is -0.527. The van der Waals surface area contributed by atoms with E-state index in [1.807, 2.05) is 13.8 Å². The Morgan fingerprint density at radius 1 is 1.17 bits per heavy atom. The van der Waals surface area contributed by atoms with Gasteiger partial charge in [0.1, 0.15) is 5.82 Å². The number of amides is 3. The van der Waals surface area contributed by atoms with Crippen LogP contribution in [0.25, 0.3) is 0 Å². The maximum absolute atomic E-state index is 13.0. The molecule has 1 aliphatic heterocycles. The third-order valence-corrected chi connectivity index (χ3v) is 5.32. The molecule has 2 aromatic rings. The van der Waals surface area contributed by atoms with Gasteiger partial charge in [-0.3, -0.25) is 14.4 Å². The van der Waals surface area contributed by atoms with Crippen LogP contribution in [0.15, 0.2) is 24.3 Å². The number of nitrogens with zero attached hydrogens (tertiary/aromatic N) is 3. The number of aromatic nitrogens is 2. The van der Waals surface area contributed by atoms with Crippen molar-refractivity contribution in [3.63, 3.8) is 0 Å². The molecule has 3 rings (SSSR count). The maximum Gasteiger partial charge on any atom is 0.286 e. The fourth-order valence-corrected chi connectivity index (χ4v) is 3.74. The fourth-order valence-electron chi connectivity index (χ4n) is 3.03. The quantitative estimate of drug-likeness (QED) is 0.774. The molecule has 0 saturated carbocycles. The Morgan fingerprint density at radius 3 is 2.55 bits per heavy atom. The number of benzene rings is 1. The summed E-state index contributed by atoms with van der Waals surface area (Å²) >= 11 is 0.885. The third kappa shape index (κ3) is 5.35. The third-order valence-electron chi connectivity index (χ3n) is 4.41. The van der Waals surface area contributed by atoms with E-state index in [2.05, 4.69) is 20.8 Å². The smallest absolute Gasteiger partial charge is 0.286 e. The first kappa shape index (κ1) is 20.8. The minimum absolute atomic E-state index is 0.0313.